The maximum absolute atomic E-state index is 13.8. The molecule has 0 fully saturated rings. The molecule has 0 radical (unpaired) electrons. The number of halogens is 1. The molecule has 2 nitrogen and oxygen atoms in total. The lowest BCUT2D eigenvalue weighted by molar-refractivity contribution is -0.146. The lowest BCUT2D eigenvalue weighted by Gasteiger charge is -2.09. The number of ether oxygens (including phenoxy) is 1. The first-order valence-electron chi connectivity index (χ1n) is 6.24. The van der Waals surface area contributed by atoms with Crippen molar-refractivity contribution in [1.29, 1.82) is 0 Å². The minimum atomic E-state index is -0.492. The van der Waals surface area contributed by atoms with Gasteiger partial charge in [0.05, 0.1) is 12.5 Å². The first-order chi connectivity index (χ1) is 8.67. The van der Waals surface area contributed by atoms with Crippen LogP contribution in [-0.2, 0) is 16.0 Å². The van der Waals surface area contributed by atoms with E-state index in [4.69, 9.17) is 4.74 Å². The average Bonchev–Trinajstić information content (AvgIpc) is 2.37. The van der Waals surface area contributed by atoms with Gasteiger partial charge in [-0.1, -0.05) is 37.3 Å². The number of hydrogen-bond donors (Lipinski definition) is 0. The highest BCUT2D eigenvalue weighted by molar-refractivity contribution is 5.74. The molecule has 0 bridgehead atoms. The zero-order valence-electron chi connectivity index (χ0n) is 10.9. The van der Waals surface area contributed by atoms with Gasteiger partial charge in [-0.05, 0) is 25.0 Å². The summed E-state index contributed by atoms with van der Waals surface area (Å²) in [7, 11) is 0. The van der Waals surface area contributed by atoms with E-state index in [1.807, 2.05) is 37.3 Å². The third-order valence-corrected chi connectivity index (χ3v) is 2.63. The van der Waals surface area contributed by atoms with E-state index in [-0.39, 0.29) is 18.2 Å². The van der Waals surface area contributed by atoms with E-state index in [1.165, 1.54) is 6.08 Å². The van der Waals surface area contributed by atoms with Gasteiger partial charge in [-0.15, -0.1) is 0 Å². The third kappa shape index (κ3) is 4.70. The lowest BCUT2D eigenvalue weighted by Crippen LogP contribution is -2.15. The van der Waals surface area contributed by atoms with Gasteiger partial charge in [0.15, 0.2) is 0 Å². The number of rotatable bonds is 6. The molecule has 1 aromatic carbocycles. The normalized spacial score (nSPS) is 13.2. The number of benzene rings is 1. The summed E-state index contributed by atoms with van der Waals surface area (Å²) >= 11 is 0. The molecule has 0 N–H and O–H groups in total. The second-order valence-electron chi connectivity index (χ2n) is 4.04. The van der Waals surface area contributed by atoms with Crippen LogP contribution in [0, 0.1) is 5.92 Å². The first-order valence-corrected chi connectivity index (χ1v) is 6.24. The summed E-state index contributed by atoms with van der Waals surface area (Å²) in [6, 6.07) is 9.34. The quantitative estimate of drug-likeness (QED) is 0.720. The summed E-state index contributed by atoms with van der Waals surface area (Å²) in [5.74, 6) is -1.14. The van der Waals surface area contributed by atoms with Crippen molar-refractivity contribution in [3.05, 3.63) is 47.8 Å². The SMILES string of the molecule is CCOC(=O)[C@@H](/C=C(/F)Cc1ccccc1)CC. The van der Waals surface area contributed by atoms with E-state index in [9.17, 15) is 9.18 Å². The van der Waals surface area contributed by atoms with Gasteiger partial charge in [-0.2, -0.15) is 0 Å². The molecule has 0 aliphatic carbocycles. The minimum absolute atomic E-state index is 0.219. The van der Waals surface area contributed by atoms with Crippen molar-refractivity contribution in [2.45, 2.75) is 26.7 Å². The van der Waals surface area contributed by atoms with Crippen LogP contribution in [0.4, 0.5) is 4.39 Å². The Labute approximate surface area is 107 Å². The number of hydrogen-bond acceptors (Lipinski definition) is 2. The Bertz CT molecular complexity index is 398. The van der Waals surface area contributed by atoms with Crippen LogP contribution in [-0.4, -0.2) is 12.6 Å². The Kier molecular flexibility index (Phi) is 6.12. The van der Waals surface area contributed by atoms with Crippen molar-refractivity contribution in [3.8, 4) is 0 Å². The van der Waals surface area contributed by atoms with Crippen LogP contribution in [0.15, 0.2) is 42.2 Å². The van der Waals surface area contributed by atoms with Crippen LogP contribution in [0.5, 0.6) is 0 Å². The van der Waals surface area contributed by atoms with Gasteiger partial charge in [-0.3, -0.25) is 4.79 Å². The molecule has 0 heterocycles. The van der Waals surface area contributed by atoms with Gasteiger partial charge in [0.25, 0.3) is 0 Å². The predicted octanol–water partition coefficient (Wildman–Crippen LogP) is 3.67. The molecule has 3 heteroatoms. The minimum Gasteiger partial charge on any atom is -0.466 e. The first kappa shape index (κ1) is 14.4. The van der Waals surface area contributed by atoms with Crippen LogP contribution in [0.2, 0.25) is 0 Å². The topological polar surface area (TPSA) is 26.3 Å². The van der Waals surface area contributed by atoms with E-state index in [0.29, 0.717) is 13.0 Å². The van der Waals surface area contributed by atoms with Crippen LogP contribution in [0.1, 0.15) is 25.8 Å². The molecule has 0 saturated carbocycles. The summed E-state index contributed by atoms with van der Waals surface area (Å²) in [6.07, 6.45) is 2.13. The van der Waals surface area contributed by atoms with Crippen molar-refractivity contribution >= 4 is 5.97 Å². The Hall–Kier alpha value is -1.64. The molecule has 1 aromatic rings. The Morgan fingerprint density at radius 1 is 1.33 bits per heavy atom. The monoisotopic (exact) mass is 250 g/mol. The Morgan fingerprint density at radius 3 is 2.56 bits per heavy atom. The van der Waals surface area contributed by atoms with Gasteiger partial charge in [-0.25, -0.2) is 4.39 Å². The van der Waals surface area contributed by atoms with E-state index in [2.05, 4.69) is 0 Å². The van der Waals surface area contributed by atoms with Crippen LogP contribution in [0.25, 0.3) is 0 Å². The van der Waals surface area contributed by atoms with E-state index in [0.717, 1.165) is 5.56 Å². The van der Waals surface area contributed by atoms with Crippen molar-refractivity contribution in [1.82, 2.24) is 0 Å². The summed E-state index contributed by atoms with van der Waals surface area (Å²) in [5, 5.41) is 0. The highest BCUT2D eigenvalue weighted by Crippen LogP contribution is 2.15. The Morgan fingerprint density at radius 2 is 2.00 bits per heavy atom. The fourth-order valence-corrected chi connectivity index (χ4v) is 1.67. The van der Waals surface area contributed by atoms with Crippen molar-refractivity contribution in [2.75, 3.05) is 6.61 Å². The van der Waals surface area contributed by atoms with Gasteiger partial charge in [0, 0.05) is 6.42 Å². The smallest absolute Gasteiger partial charge is 0.312 e. The number of carbonyl (C=O) groups is 1. The highest BCUT2D eigenvalue weighted by Gasteiger charge is 2.16. The fourth-order valence-electron chi connectivity index (χ4n) is 1.67. The molecular weight excluding hydrogens is 231 g/mol. The molecule has 0 unspecified atom stereocenters. The van der Waals surface area contributed by atoms with Gasteiger partial charge in [0.1, 0.15) is 5.83 Å². The summed E-state index contributed by atoms with van der Waals surface area (Å²) in [6.45, 7) is 3.91. The molecule has 1 rings (SSSR count). The molecule has 1 atom stereocenters. The number of esters is 1. The average molecular weight is 250 g/mol. The van der Waals surface area contributed by atoms with Crippen molar-refractivity contribution in [3.63, 3.8) is 0 Å². The number of carbonyl (C=O) groups excluding carboxylic acids is 1. The van der Waals surface area contributed by atoms with Crippen molar-refractivity contribution < 1.29 is 13.9 Å². The summed E-state index contributed by atoms with van der Waals surface area (Å²) in [4.78, 5) is 11.5. The van der Waals surface area contributed by atoms with Gasteiger partial charge < -0.3 is 4.74 Å². The van der Waals surface area contributed by atoms with Gasteiger partial charge in [0.2, 0.25) is 0 Å². The molecule has 0 aromatic heterocycles. The lowest BCUT2D eigenvalue weighted by atomic mass is 10.0. The van der Waals surface area contributed by atoms with Crippen LogP contribution < -0.4 is 0 Å². The largest absolute Gasteiger partial charge is 0.466 e. The molecule has 0 aliphatic rings. The van der Waals surface area contributed by atoms with E-state index >= 15 is 0 Å². The molecule has 18 heavy (non-hydrogen) atoms. The van der Waals surface area contributed by atoms with Gasteiger partial charge >= 0.3 is 5.97 Å². The summed E-state index contributed by atoms with van der Waals surface area (Å²) < 4.78 is 18.7. The molecule has 98 valence electrons. The second-order valence-corrected chi connectivity index (χ2v) is 4.04. The number of allylic oxidation sites excluding steroid dienone is 1. The van der Waals surface area contributed by atoms with Crippen LogP contribution >= 0.6 is 0 Å². The maximum atomic E-state index is 13.8. The fraction of sp³-hybridized carbons (Fsp3) is 0.400. The standard InChI is InChI=1S/C15H19FO2/c1-3-13(15(17)18-4-2)11-14(16)10-12-8-6-5-7-9-12/h5-9,11,13H,3-4,10H2,1-2H3/b14-11+/t13-/m1/s1. The van der Waals surface area contributed by atoms with Crippen molar-refractivity contribution in [2.24, 2.45) is 5.92 Å². The zero-order valence-corrected chi connectivity index (χ0v) is 10.9. The maximum Gasteiger partial charge on any atom is 0.312 e. The highest BCUT2D eigenvalue weighted by atomic mass is 19.1. The molecule has 0 amide bonds. The molecule has 0 aliphatic heterocycles. The summed E-state index contributed by atoms with van der Waals surface area (Å²) in [5.41, 5.74) is 0.893. The van der Waals surface area contributed by atoms with Crippen LogP contribution in [0.3, 0.4) is 0 Å². The molecule has 0 spiro atoms. The second kappa shape index (κ2) is 7.64. The van der Waals surface area contributed by atoms with E-state index in [1.54, 1.807) is 6.92 Å². The third-order valence-electron chi connectivity index (χ3n) is 2.63. The molecule has 0 saturated heterocycles. The molecular formula is C15H19FO2. The predicted molar refractivity (Wildman–Crippen MR) is 69.8 cm³/mol. The Balaban J connectivity index is 2.66. The van der Waals surface area contributed by atoms with E-state index < -0.39 is 5.92 Å². The zero-order chi connectivity index (χ0) is 13.4.